The van der Waals surface area contributed by atoms with Gasteiger partial charge in [0.05, 0.1) is 0 Å². The molecule has 3 nitrogen and oxygen atoms in total. The number of sulfonamides is 1. The number of rotatable bonds is 3. The zero-order chi connectivity index (χ0) is 10.1. The van der Waals surface area contributed by atoms with Crippen LogP contribution >= 0.6 is 27.3 Å². The van der Waals surface area contributed by atoms with E-state index < -0.39 is 10.0 Å². The molecule has 0 aliphatic heterocycles. The summed E-state index contributed by atoms with van der Waals surface area (Å²) < 4.78 is 26.6. The second-order valence-electron chi connectivity index (χ2n) is 2.47. The smallest absolute Gasteiger partial charge is 0.211 e. The Hall–Kier alpha value is 0.0900. The molecule has 0 bridgehead atoms. The van der Waals surface area contributed by atoms with Crippen LogP contribution in [-0.4, -0.2) is 15.0 Å². The molecule has 1 aromatic heterocycles. The van der Waals surface area contributed by atoms with E-state index in [1.54, 1.807) is 13.0 Å². The molecule has 1 rings (SSSR count). The third-order valence-electron chi connectivity index (χ3n) is 1.43. The minimum Gasteiger partial charge on any atom is -0.211 e. The van der Waals surface area contributed by atoms with Crippen molar-refractivity contribution in [1.82, 2.24) is 4.72 Å². The highest BCUT2D eigenvalue weighted by Crippen LogP contribution is 2.29. The predicted molar refractivity (Wildman–Crippen MR) is 57.6 cm³/mol. The van der Waals surface area contributed by atoms with E-state index in [0.29, 0.717) is 10.8 Å². The van der Waals surface area contributed by atoms with E-state index in [2.05, 4.69) is 20.7 Å². The molecule has 0 aromatic carbocycles. The van der Waals surface area contributed by atoms with E-state index in [0.717, 1.165) is 9.35 Å². The lowest BCUT2D eigenvalue weighted by Crippen LogP contribution is -2.22. The lowest BCUT2D eigenvalue weighted by Gasteiger charge is -1.99. The van der Waals surface area contributed by atoms with Gasteiger partial charge in [0.15, 0.2) is 0 Å². The van der Waals surface area contributed by atoms with Crippen molar-refractivity contribution in [2.24, 2.45) is 0 Å². The van der Waals surface area contributed by atoms with E-state index >= 15 is 0 Å². The Kier molecular flexibility index (Phi) is 3.50. The van der Waals surface area contributed by atoms with Gasteiger partial charge in [-0.15, -0.1) is 11.3 Å². The van der Waals surface area contributed by atoms with Crippen molar-refractivity contribution in [2.75, 3.05) is 6.54 Å². The Bertz CT molecular complexity index is 377. The summed E-state index contributed by atoms with van der Waals surface area (Å²) in [7, 11) is -3.27. The average Bonchev–Trinajstić information content (AvgIpc) is 2.33. The van der Waals surface area contributed by atoms with Crippen LogP contribution in [0, 0.1) is 6.92 Å². The van der Waals surface area contributed by atoms with Gasteiger partial charge in [0, 0.05) is 15.9 Å². The van der Waals surface area contributed by atoms with Crippen LogP contribution in [0.1, 0.15) is 11.8 Å². The van der Waals surface area contributed by atoms with Gasteiger partial charge >= 0.3 is 0 Å². The van der Waals surface area contributed by atoms with Crippen LogP contribution in [0.15, 0.2) is 14.7 Å². The van der Waals surface area contributed by atoms with Crippen molar-refractivity contribution >= 4 is 37.3 Å². The molecule has 6 heteroatoms. The van der Waals surface area contributed by atoms with E-state index in [1.807, 2.05) is 6.92 Å². The quantitative estimate of drug-likeness (QED) is 0.924. The molecule has 0 aliphatic carbocycles. The minimum absolute atomic E-state index is 0.360. The van der Waals surface area contributed by atoms with E-state index in [1.165, 1.54) is 11.3 Å². The summed E-state index contributed by atoms with van der Waals surface area (Å²) in [5.41, 5.74) is 0. The third-order valence-corrected chi connectivity index (χ3v) is 5.59. The molecule has 0 radical (unpaired) electrons. The minimum atomic E-state index is -3.27. The second kappa shape index (κ2) is 4.08. The topological polar surface area (TPSA) is 46.2 Å². The zero-order valence-corrected chi connectivity index (χ0v) is 10.5. The first-order chi connectivity index (χ1) is 5.97. The van der Waals surface area contributed by atoms with Crippen molar-refractivity contribution in [3.05, 3.63) is 15.4 Å². The second-order valence-corrected chi connectivity index (χ2v) is 6.58. The number of hydrogen-bond donors (Lipinski definition) is 1. The predicted octanol–water partition coefficient (Wildman–Crippen LogP) is 2.12. The summed E-state index contributed by atoms with van der Waals surface area (Å²) in [6.07, 6.45) is 0. The van der Waals surface area contributed by atoms with Crippen LogP contribution in [0.3, 0.4) is 0 Å². The maximum atomic E-state index is 11.5. The molecule has 0 fully saturated rings. The van der Waals surface area contributed by atoms with Crippen LogP contribution in [-0.2, 0) is 10.0 Å². The lowest BCUT2D eigenvalue weighted by molar-refractivity contribution is 0.586. The fourth-order valence-electron chi connectivity index (χ4n) is 0.828. The molecule has 1 N–H and O–H groups in total. The summed E-state index contributed by atoms with van der Waals surface area (Å²) >= 11 is 4.54. The van der Waals surface area contributed by atoms with Gasteiger partial charge in [-0.25, -0.2) is 13.1 Å². The first kappa shape index (κ1) is 11.2. The Morgan fingerprint density at radius 2 is 2.23 bits per heavy atom. The maximum absolute atomic E-state index is 11.5. The summed E-state index contributed by atoms with van der Waals surface area (Å²) in [6, 6.07) is 1.62. The SMILES string of the molecule is CCNS(=O)(=O)c1cc(Br)c(C)s1. The van der Waals surface area contributed by atoms with Gasteiger partial charge in [-0.2, -0.15) is 0 Å². The monoisotopic (exact) mass is 283 g/mol. The van der Waals surface area contributed by atoms with Gasteiger partial charge in [-0.05, 0) is 28.9 Å². The van der Waals surface area contributed by atoms with E-state index in [4.69, 9.17) is 0 Å². The van der Waals surface area contributed by atoms with Gasteiger partial charge in [0.25, 0.3) is 0 Å². The fraction of sp³-hybridized carbons (Fsp3) is 0.429. The van der Waals surface area contributed by atoms with Crippen molar-refractivity contribution in [2.45, 2.75) is 18.1 Å². The standard InChI is InChI=1S/C7H10BrNO2S2/c1-3-9-13(10,11)7-4-6(8)5(2)12-7/h4,9H,3H2,1-2H3. The third kappa shape index (κ3) is 2.52. The van der Waals surface area contributed by atoms with Crippen LogP contribution in [0.4, 0.5) is 0 Å². The van der Waals surface area contributed by atoms with Gasteiger partial charge in [0.1, 0.15) is 4.21 Å². The first-order valence-corrected chi connectivity index (χ1v) is 6.82. The molecule has 0 aliphatic rings. The molecule has 13 heavy (non-hydrogen) atoms. The van der Waals surface area contributed by atoms with Crippen LogP contribution in [0.2, 0.25) is 0 Å². The van der Waals surface area contributed by atoms with Crippen LogP contribution < -0.4 is 4.72 Å². The number of halogens is 1. The molecule has 0 atom stereocenters. The summed E-state index contributed by atoms with van der Waals surface area (Å²) in [5.74, 6) is 0. The highest BCUT2D eigenvalue weighted by molar-refractivity contribution is 9.10. The number of aryl methyl sites for hydroxylation is 1. The molecule has 0 saturated heterocycles. The summed E-state index contributed by atoms with van der Waals surface area (Å²) in [5, 5.41) is 0. The normalized spacial score (nSPS) is 11.9. The molecule has 0 spiro atoms. The number of nitrogens with one attached hydrogen (secondary N) is 1. The average molecular weight is 284 g/mol. The molecular formula is C7H10BrNO2S2. The van der Waals surface area contributed by atoms with Gasteiger partial charge in [-0.1, -0.05) is 6.92 Å². The Morgan fingerprint density at radius 1 is 1.62 bits per heavy atom. The molecule has 0 amide bonds. The van der Waals surface area contributed by atoms with Crippen molar-refractivity contribution < 1.29 is 8.42 Å². The molecule has 1 aromatic rings. The largest absolute Gasteiger partial charge is 0.250 e. The van der Waals surface area contributed by atoms with Crippen molar-refractivity contribution in [1.29, 1.82) is 0 Å². The zero-order valence-electron chi connectivity index (χ0n) is 7.30. The molecule has 1 heterocycles. The first-order valence-electron chi connectivity index (χ1n) is 3.73. The van der Waals surface area contributed by atoms with Crippen molar-refractivity contribution in [3.63, 3.8) is 0 Å². The molecular weight excluding hydrogens is 274 g/mol. The maximum Gasteiger partial charge on any atom is 0.250 e. The lowest BCUT2D eigenvalue weighted by atomic mass is 10.5. The van der Waals surface area contributed by atoms with Gasteiger partial charge in [-0.3, -0.25) is 0 Å². The highest BCUT2D eigenvalue weighted by atomic mass is 79.9. The summed E-state index contributed by atoms with van der Waals surface area (Å²) in [4.78, 5) is 0.969. The Morgan fingerprint density at radius 3 is 2.62 bits per heavy atom. The highest BCUT2D eigenvalue weighted by Gasteiger charge is 2.16. The van der Waals surface area contributed by atoms with Crippen molar-refractivity contribution in [3.8, 4) is 0 Å². The van der Waals surface area contributed by atoms with Gasteiger partial charge < -0.3 is 0 Å². The number of thiophene rings is 1. The fourth-order valence-corrected chi connectivity index (χ4v) is 4.02. The Balaban J connectivity index is 3.08. The van der Waals surface area contributed by atoms with E-state index in [9.17, 15) is 8.42 Å². The molecule has 0 unspecified atom stereocenters. The van der Waals surface area contributed by atoms with Crippen LogP contribution in [0.5, 0.6) is 0 Å². The van der Waals surface area contributed by atoms with Crippen LogP contribution in [0.25, 0.3) is 0 Å². The van der Waals surface area contributed by atoms with E-state index in [-0.39, 0.29) is 0 Å². The summed E-state index contributed by atoms with van der Waals surface area (Å²) in [6.45, 7) is 4.05. The molecule has 74 valence electrons. The van der Waals surface area contributed by atoms with Gasteiger partial charge in [0.2, 0.25) is 10.0 Å². The molecule has 0 saturated carbocycles. The number of hydrogen-bond acceptors (Lipinski definition) is 3. The Labute approximate surface area is 90.3 Å².